The van der Waals surface area contributed by atoms with E-state index in [1.165, 1.54) is 0 Å². The molecule has 0 saturated heterocycles. The number of nitrogens with zero attached hydrogens (tertiary/aromatic N) is 1. The summed E-state index contributed by atoms with van der Waals surface area (Å²) in [6.45, 7) is 0. The summed E-state index contributed by atoms with van der Waals surface area (Å²) >= 11 is 5.36. The number of rotatable bonds is 0. The van der Waals surface area contributed by atoms with E-state index in [9.17, 15) is 0 Å². The second kappa shape index (κ2) is 2.83. The monoisotopic (exact) mass is 298 g/mol. The third-order valence-electron chi connectivity index (χ3n) is 0.888. The normalized spacial score (nSPS) is 9.56. The van der Waals surface area contributed by atoms with Crippen molar-refractivity contribution in [2.24, 2.45) is 0 Å². The molecule has 0 atom stereocenters. The van der Waals surface area contributed by atoms with Gasteiger partial charge in [0.2, 0.25) is 0 Å². The number of hydrogen-bond acceptors (Lipinski definition) is 2. The zero-order valence-corrected chi connectivity index (χ0v) is 8.18. The summed E-state index contributed by atoms with van der Waals surface area (Å²) in [6, 6.07) is 1.82. The molecule has 0 spiro atoms. The second-order valence-corrected chi connectivity index (χ2v) is 3.37. The Balaban J connectivity index is 3.25. The summed E-state index contributed by atoms with van der Waals surface area (Å²) in [7, 11) is 0. The molecule has 0 saturated carbocycles. The average molecular weight is 299 g/mol. The van der Waals surface area contributed by atoms with Crippen molar-refractivity contribution < 1.29 is 0 Å². The van der Waals surface area contributed by atoms with Gasteiger partial charge in [0.25, 0.3) is 0 Å². The van der Waals surface area contributed by atoms with Gasteiger partial charge in [-0.05, 0) is 44.6 Å². The lowest BCUT2D eigenvalue weighted by molar-refractivity contribution is 1.27. The van der Waals surface area contributed by atoms with E-state index in [1.54, 1.807) is 6.20 Å². The molecule has 0 aromatic carbocycles. The van der Waals surface area contributed by atoms with Gasteiger partial charge in [0, 0.05) is 10.7 Å². The van der Waals surface area contributed by atoms with Gasteiger partial charge in [-0.3, -0.25) is 0 Å². The fourth-order valence-corrected chi connectivity index (χ4v) is 1.55. The molecule has 0 bridgehead atoms. The molecule has 0 aliphatic heterocycles. The summed E-state index contributed by atoms with van der Waals surface area (Å²) in [5, 5.41) is 0. The van der Waals surface area contributed by atoms with Crippen molar-refractivity contribution >= 4 is 44.2 Å². The van der Waals surface area contributed by atoms with E-state index in [-0.39, 0.29) is 0 Å². The maximum atomic E-state index is 5.56. The number of pyridine rings is 1. The highest BCUT2D eigenvalue weighted by atomic mass is 127. The predicted octanol–water partition coefficient (Wildman–Crippen LogP) is 2.03. The fraction of sp³-hybridized carbons (Fsp3) is 0. The molecule has 1 heterocycles. The SMILES string of the molecule is Nc1c(Br)ccnc1I. The molecule has 1 aromatic rings. The second-order valence-electron chi connectivity index (χ2n) is 1.50. The van der Waals surface area contributed by atoms with Gasteiger partial charge in [0.05, 0.1) is 5.69 Å². The first-order valence-electron chi connectivity index (χ1n) is 2.27. The highest BCUT2D eigenvalue weighted by molar-refractivity contribution is 14.1. The lowest BCUT2D eigenvalue weighted by Gasteiger charge is -1.96. The molecular formula is C5H4BrIN2. The maximum absolute atomic E-state index is 5.56. The van der Waals surface area contributed by atoms with Crippen molar-refractivity contribution in [3.05, 3.63) is 20.4 Å². The largest absolute Gasteiger partial charge is 0.396 e. The average Bonchev–Trinajstić information content (AvgIpc) is 1.83. The van der Waals surface area contributed by atoms with Crippen molar-refractivity contribution in [2.75, 3.05) is 5.73 Å². The Bertz CT molecular complexity index is 206. The summed E-state index contributed by atoms with van der Waals surface area (Å²) in [4.78, 5) is 3.97. The molecule has 1 rings (SSSR count). The molecule has 0 aliphatic carbocycles. The Labute approximate surface area is 75.1 Å². The van der Waals surface area contributed by atoms with E-state index < -0.39 is 0 Å². The summed E-state index contributed by atoms with van der Waals surface area (Å²) < 4.78 is 1.74. The minimum Gasteiger partial charge on any atom is -0.396 e. The van der Waals surface area contributed by atoms with E-state index in [0.717, 1.165) is 8.17 Å². The van der Waals surface area contributed by atoms with E-state index in [2.05, 4.69) is 43.5 Å². The Hall–Kier alpha value is 0.160. The molecule has 0 radical (unpaired) electrons. The van der Waals surface area contributed by atoms with Crippen molar-refractivity contribution in [1.82, 2.24) is 4.98 Å². The van der Waals surface area contributed by atoms with Gasteiger partial charge in [0.15, 0.2) is 0 Å². The minimum atomic E-state index is 0.707. The molecule has 48 valence electrons. The molecular weight excluding hydrogens is 295 g/mol. The number of halogens is 2. The number of aromatic nitrogens is 1. The van der Waals surface area contributed by atoms with Crippen LogP contribution in [0.4, 0.5) is 5.69 Å². The van der Waals surface area contributed by atoms with Crippen LogP contribution < -0.4 is 5.73 Å². The molecule has 0 unspecified atom stereocenters. The molecule has 2 nitrogen and oxygen atoms in total. The van der Waals surface area contributed by atoms with Crippen molar-refractivity contribution in [2.45, 2.75) is 0 Å². The third-order valence-corrected chi connectivity index (χ3v) is 2.44. The van der Waals surface area contributed by atoms with Crippen molar-refractivity contribution in [1.29, 1.82) is 0 Å². The van der Waals surface area contributed by atoms with Crippen LogP contribution in [0.15, 0.2) is 16.7 Å². The van der Waals surface area contributed by atoms with Gasteiger partial charge in [-0.1, -0.05) is 0 Å². The molecule has 9 heavy (non-hydrogen) atoms. The van der Waals surface area contributed by atoms with Crippen LogP contribution in [0.5, 0.6) is 0 Å². The first-order chi connectivity index (χ1) is 4.22. The van der Waals surface area contributed by atoms with Crippen molar-refractivity contribution in [3.63, 3.8) is 0 Å². The zero-order chi connectivity index (χ0) is 6.85. The zero-order valence-electron chi connectivity index (χ0n) is 4.44. The lowest BCUT2D eigenvalue weighted by atomic mass is 10.4. The van der Waals surface area contributed by atoms with Crippen LogP contribution in [-0.2, 0) is 0 Å². The van der Waals surface area contributed by atoms with Gasteiger partial charge in [-0.2, -0.15) is 0 Å². The topological polar surface area (TPSA) is 38.9 Å². The molecule has 0 amide bonds. The van der Waals surface area contributed by atoms with Gasteiger partial charge >= 0.3 is 0 Å². The first-order valence-corrected chi connectivity index (χ1v) is 4.14. The number of hydrogen-bond donors (Lipinski definition) is 1. The maximum Gasteiger partial charge on any atom is 0.125 e. The van der Waals surface area contributed by atoms with Gasteiger partial charge in [-0.25, -0.2) is 4.98 Å². The van der Waals surface area contributed by atoms with Crippen LogP contribution in [0.1, 0.15) is 0 Å². The third kappa shape index (κ3) is 1.54. The van der Waals surface area contributed by atoms with Crippen LogP contribution in [-0.4, -0.2) is 4.98 Å². The summed E-state index contributed by atoms with van der Waals surface area (Å²) in [6.07, 6.45) is 1.71. The molecule has 1 aromatic heterocycles. The van der Waals surface area contributed by atoms with Gasteiger partial charge in [-0.15, -0.1) is 0 Å². The van der Waals surface area contributed by atoms with Crippen LogP contribution in [0.3, 0.4) is 0 Å². The highest BCUT2D eigenvalue weighted by Gasteiger charge is 1.97. The fourth-order valence-electron chi connectivity index (χ4n) is 0.426. The Morgan fingerprint density at radius 1 is 1.67 bits per heavy atom. The number of anilines is 1. The van der Waals surface area contributed by atoms with Crippen molar-refractivity contribution in [3.8, 4) is 0 Å². The van der Waals surface area contributed by atoms with Crippen LogP contribution >= 0.6 is 38.5 Å². The van der Waals surface area contributed by atoms with Gasteiger partial charge in [0.1, 0.15) is 3.70 Å². The van der Waals surface area contributed by atoms with E-state index in [4.69, 9.17) is 5.73 Å². The molecule has 0 aliphatic rings. The predicted molar refractivity (Wildman–Crippen MR) is 49.1 cm³/mol. The Morgan fingerprint density at radius 2 is 2.33 bits per heavy atom. The van der Waals surface area contributed by atoms with Crippen LogP contribution in [0, 0.1) is 3.70 Å². The van der Waals surface area contributed by atoms with Gasteiger partial charge < -0.3 is 5.73 Å². The number of nitrogen functional groups attached to an aromatic ring is 1. The first kappa shape index (κ1) is 7.27. The van der Waals surface area contributed by atoms with E-state index in [1.807, 2.05) is 6.07 Å². The lowest BCUT2D eigenvalue weighted by Crippen LogP contribution is -1.92. The summed E-state index contributed by atoms with van der Waals surface area (Å²) in [5.41, 5.74) is 6.27. The number of nitrogens with two attached hydrogens (primary N) is 1. The molecule has 4 heteroatoms. The quantitative estimate of drug-likeness (QED) is 0.588. The smallest absolute Gasteiger partial charge is 0.125 e. The van der Waals surface area contributed by atoms with Crippen LogP contribution in [0.25, 0.3) is 0 Å². The Morgan fingerprint density at radius 3 is 2.78 bits per heavy atom. The molecule has 2 N–H and O–H groups in total. The van der Waals surface area contributed by atoms with E-state index in [0.29, 0.717) is 5.69 Å². The minimum absolute atomic E-state index is 0.707. The van der Waals surface area contributed by atoms with E-state index >= 15 is 0 Å². The Kier molecular flexibility index (Phi) is 2.29. The highest BCUT2D eigenvalue weighted by Crippen LogP contribution is 2.21. The summed E-state index contributed by atoms with van der Waals surface area (Å²) in [5.74, 6) is 0. The molecule has 0 fully saturated rings. The van der Waals surface area contributed by atoms with Crippen LogP contribution in [0.2, 0.25) is 0 Å². The standard InChI is InChI=1S/C5H4BrIN2/c6-3-1-2-9-5(7)4(3)8/h1-2H,8H2.